The van der Waals surface area contributed by atoms with Gasteiger partial charge in [0.1, 0.15) is 17.1 Å². The van der Waals surface area contributed by atoms with E-state index in [9.17, 15) is 4.79 Å². The zero-order chi connectivity index (χ0) is 21.5. The molecule has 0 bridgehead atoms. The van der Waals surface area contributed by atoms with E-state index in [1.165, 1.54) is 0 Å². The second kappa shape index (κ2) is 10.0. The molecular formula is C23H25N5O3. The number of carbonyl (C=O) groups is 1. The number of hydrogen-bond acceptors (Lipinski definition) is 7. The Kier molecular flexibility index (Phi) is 6.71. The minimum absolute atomic E-state index is 0.175. The standard InChI is InChI=1S/C23H25N5O3/c1-30-16-18-6-5-15-28(18)27-22(29)20-7-4-14-25-23(20)31-19-11-9-17(10-12-19)26-21-8-2-3-13-24-21/h2-4,7-14,18H,5-6,15-16H2,1H3,(H,24,26)(H,27,29)/t18-/m1/s1. The molecule has 1 aliphatic heterocycles. The van der Waals surface area contributed by atoms with Gasteiger partial charge in [-0.25, -0.2) is 15.0 Å². The van der Waals surface area contributed by atoms with Crippen molar-refractivity contribution in [3.05, 3.63) is 72.6 Å². The summed E-state index contributed by atoms with van der Waals surface area (Å²) in [5, 5.41) is 5.15. The predicted octanol–water partition coefficient (Wildman–Crippen LogP) is 3.77. The zero-order valence-corrected chi connectivity index (χ0v) is 17.3. The number of hydrazine groups is 1. The smallest absolute Gasteiger partial charge is 0.271 e. The number of carbonyl (C=O) groups excluding carboxylic acids is 1. The number of hydrogen-bond donors (Lipinski definition) is 2. The number of nitrogens with zero attached hydrogens (tertiary/aromatic N) is 3. The highest BCUT2D eigenvalue weighted by Gasteiger charge is 2.27. The highest BCUT2D eigenvalue weighted by atomic mass is 16.5. The molecule has 8 heteroatoms. The molecule has 2 N–H and O–H groups in total. The van der Waals surface area contributed by atoms with E-state index in [-0.39, 0.29) is 17.8 Å². The molecule has 1 fully saturated rings. The number of amides is 1. The Bertz CT molecular complexity index is 998. The molecule has 1 aliphatic rings. The van der Waals surface area contributed by atoms with E-state index in [0.717, 1.165) is 30.9 Å². The number of pyridine rings is 2. The van der Waals surface area contributed by atoms with Gasteiger partial charge in [-0.05, 0) is 61.4 Å². The highest BCUT2D eigenvalue weighted by Crippen LogP contribution is 2.26. The molecule has 0 aliphatic carbocycles. The molecule has 1 atom stereocenters. The number of rotatable bonds is 8. The summed E-state index contributed by atoms with van der Waals surface area (Å²) in [5.74, 6) is 1.35. The topological polar surface area (TPSA) is 88.6 Å². The van der Waals surface area contributed by atoms with Gasteiger partial charge in [-0.1, -0.05) is 6.07 Å². The van der Waals surface area contributed by atoms with Crippen LogP contribution in [-0.2, 0) is 4.74 Å². The molecule has 0 unspecified atom stereocenters. The molecule has 0 radical (unpaired) electrons. The van der Waals surface area contributed by atoms with E-state index in [2.05, 4.69) is 20.7 Å². The van der Waals surface area contributed by atoms with Gasteiger partial charge in [0.2, 0.25) is 5.88 Å². The van der Waals surface area contributed by atoms with Crippen LogP contribution in [0.4, 0.5) is 11.5 Å². The molecule has 0 spiro atoms. The summed E-state index contributed by atoms with van der Waals surface area (Å²) < 4.78 is 11.2. The van der Waals surface area contributed by atoms with Crippen molar-refractivity contribution in [3.63, 3.8) is 0 Å². The van der Waals surface area contributed by atoms with Crippen LogP contribution in [0.2, 0.25) is 0 Å². The third-order valence-corrected chi connectivity index (χ3v) is 5.00. The molecule has 4 rings (SSSR count). The third kappa shape index (κ3) is 5.36. The molecule has 31 heavy (non-hydrogen) atoms. The molecular weight excluding hydrogens is 394 g/mol. The van der Waals surface area contributed by atoms with E-state index < -0.39 is 0 Å². The van der Waals surface area contributed by atoms with Crippen LogP contribution in [0.15, 0.2) is 67.0 Å². The largest absolute Gasteiger partial charge is 0.438 e. The van der Waals surface area contributed by atoms with Crippen LogP contribution in [0.1, 0.15) is 23.2 Å². The van der Waals surface area contributed by atoms with Crippen molar-refractivity contribution in [1.82, 2.24) is 20.4 Å². The Morgan fingerprint density at radius 3 is 2.71 bits per heavy atom. The molecule has 3 heterocycles. The van der Waals surface area contributed by atoms with Crippen molar-refractivity contribution in [2.24, 2.45) is 0 Å². The minimum Gasteiger partial charge on any atom is -0.438 e. The first-order valence-corrected chi connectivity index (χ1v) is 10.2. The van der Waals surface area contributed by atoms with Gasteiger partial charge in [0.05, 0.1) is 12.6 Å². The number of anilines is 2. The van der Waals surface area contributed by atoms with Gasteiger partial charge >= 0.3 is 0 Å². The van der Waals surface area contributed by atoms with Crippen LogP contribution in [0.25, 0.3) is 0 Å². The Labute approximate surface area is 181 Å². The van der Waals surface area contributed by atoms with Gasteiger partial charge in [0.15, 0.2) is 0 Å². The fourth-order valence-electron chi connectivity index (χ4n) is 3.49. The van der Waals surface area contributed by atoms with Gasteiger partial charge in [0.25, 0.3) is 5.91 Å². The van der Waals surface area contributed by atoms with Gasteiger partial charge in [0, 0.05) is 31.7 Å². The fraction of sp³-hybridized carbons (Fsp3) is 0.261. The quantitative estimate of drug-likeness (QED) is 0.575. The molecule has 160 valence electrons. The van der Waals surface area contributed by atoms with Gasteiger partial charge in [-0.2, -0.15) is 0 Å². The van der Waals surface area contributed by atoms with Crippen molar-refractivity contribution in [3.8, 4) is 11.6 Å². The van der Waals surface area contributed by atoms with Crippen LogP contribution in [0, 0.1) is 0 Å². The number of methoxy groups -OCH3 is 1. The second-order valence-electron chi connectivity index (χ2n) is 7.21. The normalized spacial score (nSPS) is 16.1. The summed E-state index contributed by atoms with van der Waals surface area (Å²) in [6, 6.07) is 16.7. The zero-order valence-electron chi connectivity index (χ0n) is 17.3. The maximum atomic E-state index is 12.9. The average molecular weight is 419 g/mol. The lowest BCUT2D eigenvalue weighted by Gasteiger charge is -2.24. The van der Waals surface area contributed by atoms with Crippen LogP contribution in [-0.4, -0.2) is 47.2 Å². The minimum atomic E-state index is -0.250. The van der Waals surface area contributed by atoms with Crippen molar-refractivity contribution in [2.45, 2.75) is 18.9 Å². The predicted molar refractivity (Wildman–Crippen MR) is 117 cm³/mol. The lowest BCUT2D eigenvalue weighted by atomic mass is 10.2. The van der Waals surface area contributed by atoms with Crippen LogP contribution in [0.5, 0.6) is 11.6 Å². The summed E-state index contributed by atoms with van der Waals surface area (Å²) >= 11 is 0. The van der Waals surface area contributed by atoms with Gasteiger partial charge in [-0.3, -0.25) is 10.2 Å². The molecule has 0 saturated carbocycles. The van der Waals surface area contributed by atoms with Crippen molar-refractivity contribution < 1.29 is 14.3 Å². The Balaban J connectivity index is 1.43. The molecule has 1 saturated heterocycles. The number of benzene rings is 1. The molecule has 8 nitrogen and oxygen atoms in total. The van der Waals surface area contributed by atoms with Gasteiger partial charge in [-0.15, -0.1) is 0 Å². The van der Waals surface area contributed by atoms with Crippen molar-refractivity contribution in [1.29, 1.82) is 0 Å². The summed E-state index contributed by atoms with van der Waals surface area (Å²) in [5.41, 5.74) is 4.22. The first-order chi connectivity index (χ1) is 15.2. The van der Waals surface area contributed by atoms with Crippen molar-refractivity contribution >= 4 is 17.4 Å². The summed E-state index contributed by atoms with van der Waals surface area (Å²) in [4.78, 5) is 21.4. The Morgan fingerprint density at radius 1 is 1.10 bits per heavy atom. The third-order valence-electron chi connectivity index (χ3n) is 5.00. The van der Waals surface area contributed by atoms with E-state index >= 15 is 0 Å². The van der Waals surface area contributed by atoms with Crippen LogP contribution in [0.3, 0.4) is 0 Å². The summed E-state index contributed by atoms with van der Waals surface area (Å²) in [6.45, 7) is 1.37. The lowest BCUT2D eigenvalue weighted by Crippen LogP contribution is -2.46. The SMILES string of the molecule is COC[C@H]1CCCN1NC(=O)c1cccnc1Oc1ccc(Nc2ccccn2)cc1. The van der Waals surface area contributed by atoms with Crippen molar-refractivity contribution in [2.75, 3.05) is 25.6 Å². The Morgan fingerprint density at radius 2 is 1.94 bits per heavy atom. The molecule has 2 aromatic heterocycles. The lowest BCUT2D eigenvalue weighted by molar-refractivity contribution is 0.0609. The van der Waals surface area contributed by atoms with E-state index in [1.807, 2.05) is 47.5 Å². The van der Waals surface area contributed by atoms with E-state index in [1.54, 1.807) is 31.6 Å². The maximum Gasteiger partial charge on any atom is 0.271 e. The maximum absolute atomic E-state index is 12.9. The van der Waals surface area contributed by atoms with Crippen LogP contribution >= 0.6 is 0 Å². The van der Waals surface area contributed by atoms with E-state index in [0.29, 0.717) is 17.9 Å². The summed E-state index contributed by atoms with van der Waals surface area (Å²) in [7, 11) is 1.67. The number of ether oxygens (including phenoxy) is 2. The molecule has 3 aromatic rings. The summed E-state index contributed by atoms with van der Waals surface area (Å²) in [6.07, 6.45) is 5.34. The first kappa shape index (κ1) is 20.8. The molecule has 1 aromatic carbocycles. The van der Waals surface area contributed by atoms with Gasteiger partial charge < -0.3 is 14.8 Å². The monoisotopic (exact) mass is 419 g/mol. The number of aromatic nitrogens is 2. The first-order valence-electron chi connectivity index (χ1n) is 10.2. The Hall–Kier alpha value is -3.49. The fourth-order valence-corrected chi connectivity index (χ4v) is 3.49. The number of nitrogens with one attached hydrogen (secondary N) is 2. The highest BCUT2D eigenvalue weighted by molar-refractivity contribution is 5.96. The van der Waals surface area contributed by atoms with Crippen LogP contribution < -0.4 is 15.5 Å². The average Bonchev–Trinajstić information content (AvgIpc) is 3.23. The van der Waals surface area contributed by atoms with E-state index in [4.69, 9.17) is 9.47 Å². The second-order valence-corrected chi connectivity index (χ2v) is 7.21. The molecule has 1 amide bonds.